The van der Waals surface area contributed by atoms with Crippen LogP contribution in [0.15, 0.2) is 11.4 Å². The van der Waals surface area contributed by atoms with E-state index in [0.717, 1.165) is 28.1 Å². The van der Waals surface area contributed by atoms with Crippen molar-refractivity contribution in [3.8, 4) is 0 Å². The summed E-state index contributed by atoms with van der Waals surface area (Å²) in [6.45, 7) is 6.69. The minimum Gasteiger partial charge on any atom is -0.316 e. The third-order valence-corrected chi connectivity index (χ3v) is 6.12. The predicted molar refractivity (Wildman–Crippen MR) is 83.2 cm³/mol. The van der Waals surface area contributed by atoms with Gasteiger partial charge in [-0.3, -0.25) is 0 Å². The first-order valence-electron chi connectivity index (χ1n) is 6.80. The highest BCUT2D eigenvalue weighted by atomic mass is 32.2. The molecule has 0 aliphatic carbocycles. The Morgan fingerprint density at radius 3 is 3.11 bits per heavy atom. The summed E-state index contributed by atoms with van der Waals surface area (Å²) >= 11 is 3.68. The van der Waals surface area contributed by atoms with Crippen LogP contribution in [0.3, 0.4) is 0 Å². The molecule has 0 radical (unpaired) electrons. The normalized spacial score (nSPS) is 20.0. The van der Waals surface area contributed by atoms with Gasteiger partial charge in [0.05, 0.1) is 0 Å². The second kappa shape index (κ2) is 5.77. The van der Waals surface area contributed by atoms with Crippen LogP contribution in [0.2, 0.25) is 0 Å². The van der Waals surface area contributed by atoms with Gasteiger partial charge in [-0.1, -0.05) is 0 Å². The standard InChI is InChI=1S/C14H19N3S2/c1-9-10(2)19-14-12(9)13(16-8-17-14)18-7-11-4-3-5-15-6-11/h8,11,15H,3-7H2,1-2H3. The summed E-state index contributed by atoms with van der Waals surface area (Å²) in [6, 6.07) is 0. The number of nitrogens with zero attached hydrogens (tertiary/aromatic N) is 2. The van der Waals surface area contributed by atoms with E-state index in [1.165, 1.54) is 35.2 Å². The maximum atomic E-state index is 4.50. The zero-order chi connectivity index (χ0) is 13.2. The fourth-order valence-electron chi connectivity index (χ4n) is 2.52. The Balaban J connectivity index is 1.80. The smallest absolute Gasteiger partial charge is 0.128 e. The third kappa shape index (κ3) is 2.78. The Hall–Kier alpha value is -0.650. The lowest BCUT2D eigenvalue weighted by Crippen LogP contribution is -2.30. The van der Waals surface area contributed by atoms with Gasteiger partial charge in [0.25, 0.3) is 0 Å². The zero-order valence-corrected chi connectivity index (χ0v) is 13.0. The van der Waals surface area contributed by atoms with Crippen molar-refractivity contribution in [2.75, 3.05) is 18.8 Å². The molecule has 0 aromatic carbocycles. The molecular weight excluding hydrogens is 274 g/mol. The molecule has 1 N–H and O–H groups in total. The van der Waals surface area contributed by atoms with E-state index in [1.807, 2.05) is 11.8 Å². The summed E-state index contributed by atoms with van der Waals surface area (Å²) in [4.78, 5) is 11.4. The molecule has 19 heavy (non-hydrogen) atoms. The number of nitrogens with one attached hydrogen (secondary N) is 1. The van der Waals surface area contributed by atoms with Gasteiger partial charge in [-0.15, -0.1) is 23.1 Å². The molecule has 1 aliphatic rings. The van der Waals surface area contributed by atoms with Crippen molar-refractivity contribution in [1.82, 2.24) is 15.3 Å². The Morgan fingerprint density at radius 1 is 1.42 bits per heavy atom. The van der Waals surface area contributed by atoms with Crippen molar-refractivity contribution in [2.24, 2.45) is 5.92 Å². The van der Waals surface area contributed by atoms with E-state index in [0.29, 0.717) is 0 Å². The van der Waals surface area contributed by atoms with Gasteiger partial charge in [0.15, 0.2) is 0 Å². The van der Waals surface area contributed by atoms with Crippen LogP contribution in [-0.4, -0.2) is 28.8 Å². The monoisotopic (exact) mass is 293 g/mol. The van der Waals surface area contributed by atoms with Crippen molar-refractivity contribution in [3.63, 3.8) is 0 Å². The molecule has 3 heterocycles. The summed E-state index contributed by atoms with van der Waals surface area (Å²) in [5, 5.41) is 5.92. The highest BCUT2D eigenvalue weighted by Gasteiger charge is 2.16. The first-order chi connectivity index (χ1) is 9.25. The SMILES string of the molecule is Cc1sc2ncnc(SCC3CCCNC3)c2c1C. The van der Waals surface area contributed by atoms with Crippen LogP contribution >= 0.6 is 23.1 Å². The Morgan fingerprint density at radius 2 is 2.32 bits per heavy atom. The fraction of sp³-hybridized carbons (Fsp3) is 0.571. The Labute approximate surface area is 122 Å². The lowest BCUT2D eigenvalue weighted by Gasteiger charge is -2.22. The van der Waals surface area contributed by atoms with E-state index in [9.17, 15) is 0 Å². The molecule has 1 fully saturated rings. The van der Waals surface area contributed by atoms with Crippen molar-refractivity contribution in [3.05, 3.63) is 16.8 Å². The number of hydrogen-bond donors (Lipinski definition) is 1. The number of rotatable bonds is 3. The second-order valence-corrected chi connectivity index (χ2v) is 7.38. The molecule has 1 atom stereocenters. The van der Waals surface area contributed by atoms with Gasteiger partial charge >= 0.3 is 0 Å². The Kier molecular flexibility index (Phi) is 4.05. The Bertz CT molecular complexity index is 573. The molecule has 3 rings (SSSR count). The van der Waals surface area contributed by atoms with E-state index >= 15 is 0 Å². The first kappa shape index (κ1) is 13.3. The summed E-state index contributed by atoms with van der Waals surface area (Å²) in [6.07, 6.45) is 4.36. The number of fused-ring (bicyclic) bond motifs is 1. The van der Waals surface area contributed by atoms with Gasteiger partial charge in [0, 0.05) is 16.0 Å². The quantitative estimate of drug-likeness (QED) is 0.695. The molecule has 0 amide bonds. The van der Waals surface area contributed by atoms with Crippen molar-refractivity contribution in [1.29, 1.82) is 0 Å². The molecule has 0 saturated carbocycles. The van der Waals surface area contributed by atoms with Crippen LogP contribution in [0, 0.1) is 19.8 Å². The largest absolute Gasteiger partial charge is 0.316 e. The molecule has 0 spiro atoms. The topological polar surface area (TPSA) is 37.8 Å². The maximum absolute atomic E-state index is 4.50. The number of aromatic nitrogens is 2. The molecule has 2 aromatic rings. The highest BCUT2D eigenvalue weighted by Crippen LogP contribution is 2.35. The van der Waals surface area contributed by atoms with Gasteiger partial charge in [-0.25, -0.2) is 9.97 Å². The molecule has 102 valence electrons. The lowest BCUT2D eigenvalue weighted by molar-refractivity contribution is 0.410. The number of hydrogen-bond acceptors (Lipinski definition) is 5. The van der Waals surface area contributed by atoms with E-state index < -0.39 is 0 Å². The zero-order valence-electron chi connectivity index (χ0n) is 11.4. The minimum atomic E-state index is 0.781. The van der Waals surface area contributed by atoms with Gasteiger partial charge in [-0.05, 0) is 51.3 Å². The lowest BCUT2D eigenvalue weighted by atomic mass is 10.0. The number of aryl methyl sites for hydroxylation is 2. The summed E-state index contributed by atoms with van der Waals surface area (Å²) < 4.78 is 0. The number of thioether (sulfide) groups is 1. The van der Waals surface area contributed by atoms with Crippen molar-refractivity contribution in [2.45, 2.75) is 31.7 Å². The average molecular weight is 293 g/mol. The molecule has 5 heteroatoms. The molecule has 1 aliphatic heterocycles. The van der Waals surface area contributed by atoms with Gasteiger partial charge in [0.1, 0.15) is 16.2 Å². The fourth-order valence-corrected chi connectivity index (χ4v) is 4.78. The van der Waals surface area contributed by atoms with Crippen molar-refractivity contribution < 1.29 is 0 Å². The highest BCUT2D eigenvalue weighted by molar-refractivity contribution is 7.99. The molecular formula is C14H19N3S2. The van der Waals surface area contributed by atoms with Gasteiger partial charge in [-0.2, -0.15) is 0 Å². The molecule has 0 bridgehead atoms. The molecule has 3 nitrogen and oxygen atoms in total. The average Bonchev–Trinajstić information content (AvgIpc) is 2.74. The van der Waals surface area contributed by atoms with Crippen LogP contribution in [0.1, 0.15) is 23.3 Å². The van der Waals surface area contributed by atoms with E-state index in [1.54, 1.807) is 17.7 Å². The van der Waals surface area contributed by atoms with E-state index in [2.05, 4.69) is 29.1 Å². The summed E-state index contributed by atoms with van der Waals surface area (Å²) in [7, 11) is 0. The van der Waals surface area contributed by atoms with Gasteiger partial charge in [0.2, 0.25) is 0 Å². The van der Waals surface area contributed by atoms with Crippen LogP contribution < -0.4 is 5.32 Å². The van der Waals surface area contributed by atoms with Crippen LogP contribution in [0.4, 0.5) is 0 Å². The minimum absolute atomic E-state index is 0.781. The maximum Gasteiger partial charge on any atom is 0.128 e. The van der Waals surface area contributed by atoms with E-state index in [-0.39, 0.29) is 0 Å². The second-order valence-electron chi connectivity index (χ2n) is 5.17. The molecule has 1 unspecified atom stereocenters. The van der Waals surface area contributed by atoms with Crippen LogP contribution in [-0.2, 0) is 0 Å². The number of piperidine rings is 1. The molecule has 1 saturated heterocycles. The predicted octanol–water partition coefficient (Wildman–Crippen LogP) is 3.40. The van der Waals surface area contributed by atoms with Crippen molar-refractivity contribution >= 4 is 33.3 Å². The van der Waals surface area contributed by atoms with E-state index in [4.69, 9.17) is 0 Å². The number of thiophene rings is 1. The van der Waals surface area contributed by atoms with Crippen LogP contribution in [0.5, 0.6) is 0 Å². The molecule has 2 aromatic heterocycles. The van der Waals surface area contributed by atoms with Gasteiger partial charge < -0.3 is 5.32 Å². The first-order valence-corrected chi connectivity index (χ1v) is 8.60. The summed E-state index contributed by atoms with van der Waals surface area (Å²) in [5.74, 6) is 1.94. The third-order valence-electron chi connectivity index (χ3n) is 3.79. The van der Waals surface area contributed by atoms with Crippen LogP contribution in [0.25, 0.3) is 10.2 Å². The summed E-state index contributed by atoms with van der Waals surface area (Å²) in [5.41, 5.74) is 1.35.